The minimum Gasteiger partial charge on any atom is -0.338 e. The van der Waals surface area contributed by atoms with Gasteiger partial charge in [-0.1, -0.05) is 26.2 Å². The Labute approximate surface area is 122 Å². The monoisotopic (exact) mass is 276 g/mol. The Morgan fingerprint density at radius 3 is 2.70 bits per heavy atom. The first-order valence-corrected chi connectivity index (χ1v) is 8.38. The minimum atomic E-state index is 0.490. The molecule has 112 valence electrons. The Balaban J connectivity index is 1.89. The molecule has 1 atom stereocenters. The highest BCUT2D eigenvalue weighted by Crippen LogP contribution is 2.34. The third-order valence-electron chi connectivity index (χ3n) is 5.00. The van der Waals surface area contributed by atoms with Gasteiger partial charge in [0, 0.05) is 31.4 Å². The van der Waals surface area contributed by atoms with Crippen molar-refractivity contribution in [1.82, 2.24) is 9.55 Å². The van der Waals surface area contributed by atoms with E-state index in [-0.39, 0.29) is 0 Å². The second-order valence-corrected chi connectivity index (χ2v) is 6.31. The Bertz CT molecular complexity index is 434. The lowest BCUT2D eigenvalue weighted by Crippen LogP contribution is -2.37. The van der Waals surface area contributed by atoms with Crippen LogP contribution in [0.2, 0.25) is 0 Å². The van der Waals surface area contributed by atoms with Gasteiger partial charge in [0.25, 0.3) is 0 Å². The molecule has 1 aromatic rings. The molecule has 0 radical (unpaired) electrons. The summed E-state index contributed by atoms with van der Waals surface area (Å²) >= 11 is 0. The van der Waals surface area contributed by atoms with Gasteiger partial charge in [0.1, 0.15) is 0 Å². The normalized spacial score (nSPS) is 24.5. The number of aryl methyl sites for hydroxylation is 1. The van der Waals surface area contributed by atoms with Gasteiger partial charge in [0.2, 0.25) is 5.95 Å². The van der Waals surface area contributed by atoms with Crippen molar-refractivity contribution >= 4 is 5.95 Å². The van der Waals surface area contributed by atoms with Gasteiger partial charge in [0.05, 0.1) is 5.69 Å². The average molecular weight is 276 g/mol. The van der Waals surface area contributed by atoms with E-state index in [0.29, 0.717) is 12.1 Å². The molecule has 2 aliphatic rings. The van der Waals surface area contributed by atoms with E-state index in [9.17, 15) is 0 Å². The summed E-state index contributed by atoms with van der Waals surface area (Å²) in [5, 5.41) is 0. The molecule has 0 bridgehead atoms. The van der Waals surface area contributed by atoms with Crippen molar-refractivity contribution in [2.24, 2.45) is 5.73 Å². The van der Waals surface area contributed by atoms with Gasteiger partial charge in [-0.15, -0.1) is 0 Å². The summed E-state index contributed by atoms with van der Waals surface area (Å²) in [6.45, 7) is 4.06. The molecule has 2 heterocycles. The van der Waals surface area contributed by atoms with Gasteiger partial charge < -0.3 is 15.2 Å². The Morgan fingerprint density at radius 2 is 2.00 bits per heavy atom. The van der Waals surface area contributed by atoms with Crippen LogP contribution in [0.3, 0.4) is 0 Å². The first-order chi connectivity index (χ1) is 9.83. The Kier molecular flexibility index (Phi) is 4.29. The molecule has 1 saturated heterocycles. The molecular formula is C16H28N4. The van der Waals surface area contributed by atoms with Crippen LogP contribution in [0.5, 0.6) is 0 Å². The summed E-state index contributed by atoms with van der Waals surface area (Å²) in [4.78, 5) is 7.38. The highest BCUT2D eigenvalue weighted by atomic mass is 15.3. The number of nitrogens with two attached hydrogens (primary N) is 1. The fraction of sp³-hybridized carbons (Fsp3) is 0.812. The van der Waals surface area contributed by atoms with Gasteiger partial charge in [-0.2, -0.15) is 0 Å². The van der Waals surface area contributed by atoms with Crippen LogP contribution in [-0.2, 0) is 6.42 Å². The van der Waals surface area contributed by atoms with Crippen molar-refractivity contribution in [1.29, 1.82) is 0 Å². The molecule has 20 heavy (non-hydrogen) atoms. The van der Waals surface area contributed by atoms with E-state index < -0.39 is 0 Å². The topological polar surface area (TPSA) is 47.1 Å². The lowest BCUT2D eigenvalue weighted by atomic mass is 9.95. The van der Waals surface area contributed by atoms with Gasteiger partial charge in [0.15, 0.2) is 0 Å². The average Bonchev–Trinajstić information content (AvgIpc) is 3.13. The molecule has 1 unspecified atom stereocenters. The highest BCUT2D eigenvalue weighted by molar-refractivity contribution is 5.38. The third-order valence-corrected chi connectivity index (χ3v) is 5.00. The van der Waals surface area contributed by atoms with Gasteiger partial charge in [-0.25, -0.2) is 4.98 Å². The number of nitrogens with zero attached hydrogens (tertiary/aromatic N) is 3. The molecule has 2 fully saturated rings. The summed E-state index contributed by atoms with van der Waals surface area (Å²) < 4.78 is 2.48. The van der Waals surface area contributed by atoms with E-state index in [1.54, 1.807) is 0 Å². The summed E-state index contributed by atoms with van der Waals surface area (Å²) in [6.07, 6.45) is 12.5. The maximum absolute atomic E-state index is 5.95. The van der Waals surface area contributed by atoms with Crippen LogP contribution in [-0.4, -0.2) is 28.7 Å². The van der Waals surface area contributed by atoms with Crippen molar-refractivity contribution in [3.63, 3.8) is 0 Å². The predicted octanol–water partition coefficient (Wildman–Crippen LogP) is 2.88. The number of hydrogen-bond donors (Lipinski definition) is 1. The van der Waals surface area contributed by atoms with Crippen LogP contribution in [0, 0.1) is 0 Å². The number of rotatable bonds is 4. The lowest BCUT2D eigenvalue weighted by molar-refractivity contribution is 0.352. The molecule has 1 aliphatic carbocycles. The maximum Gasteiger partial charge on any atom is 0.206 e. The first-order valence-electron chi connectivity index (χ1n) is 8.38. The summed E-state index contributed by atoms with van der Waals surface area (Å²) in [6, 6.07) is 1.15. The van der Waals surface area contributed by atoms with E-state index in [0.717, 1.165) is 19.5 Å². The second kappa shape index (κ2) is 6.17. The fourth-order valence-corrected chi connectivity index (χ4v) is 3.79. The first kappa shape index (κ1) is 13.9. The van der Waals surface area contributed by atoms with Crippen molar-refractivity contribution in [3.05, 3.63) is 11.9 Å². The van der Waals surface area contributed by atoms with Gasteiger partial charge in [-0.3, -0.25) is 0 Å². The Hall–Kier alpha value is -1.03. The molecule has 1 aromatic heterocycles. The molecule has 4 heteroatoms. The van der Waals surface area contributed by atoms with E-state index >= 15 is 0 Å². The molecule has 4 nitrogen and oxygen atoms in total. The minimum absolute atomic E-state index is 0.490. The smallest absolute Gasteiger partial charge is 0.206 e. The Morgan fingerprint density at radius 1 is 1.20 bits per heavy atom. The van der Waals surface area contributed by atoms with E-state index in [1.165, 1.54) is 56.6 Å². The maximum atomic E-state index is 5.95. The largest absolute Gasteiger partial charge is 0.338 e. The zero-order valence-corrected chi connectivity index (χ0v) is 12.7. The lowest BCUT2D eigenvalue weighted by Gasteiger charge is -2.30. The van der Waals surface area contributed by atoms with Crippen molar-refractivity contribution < 1.29 is 0 Å². The molecule has 0 aromatic carbocycles. The van der Waals surface area contributed by atoms with E-state index in [4.69, 9.17) is 10.7 Å². The molecular weight excluding hydrogens is 248 g/mol. The third kappa shape index (κ3) is 2.58. The van der Waals surface area contributed by atoms with Crippen LogP contribution in [0.15, 0.2) is 6.20 Å². The number of hydrogen-bond acceptors (Lipinski definition) is 3. The molecule has 3 rings (SSSR count). The summed E-state index contributed by atoms with van der Waals surface area (Å²) in [7, 11) is 0. The van der Waals surface area contributed by atoms with Crippen LogP contribution >= 0.6 is 0 Å². The van der Waals surface area contributed by atoms with Gasteiger partial charge in [-0.05, 0) is 32.1 Å². The van der Waals surface area contributed by atoms with E-state index in [2.05, 4.69) is 22.6 Å². The SMILES string of the molecule is CCc1cn(C2CCCCC2)c(N2CCCC2CN)n1. The van der Waals surface area contributed by atoms with Crippen molar-refractivity contribution in [3.8, 4) is 0 Å². The second-order valence-electron chi connectivity index (χ2n) is 6.31. The van der Waals surface area contributed by atoms with Crippen LogP contribution in [0.25, 0.3) is 0 Å². The highest BCUT2D eigenvalue weighted by Gasteiger charge is 2.29. The summed E-state index contributed by atoms with van der Waals surface area (Å²) in [5.74, 6) is 1.20. The predicted molar refractivity (Wildman–Crippen MR) is 83.1 cm³/mol. The molecule has 2 N–H and O–H groups in total. The molecule has 1 saturated carbocycles. The zero-order valence-electron chi connectivity index (χ0n) is 12.7. The van der Waals surface area contributed by atoms with E-state index in [1.807, 2.05) is 0 Å². The van der Waals surface area contributed by atoms with Crippen molar-refractivity contribution in [2.45, 2.75) is 70.4 Å². The molecule has 0 amide bonds. The van der Waals surface area contributed by atoms with Crippen molar-refractivity contribution in [2.75, 3.05) is 18.0 Å². The van der Waals surface area contributed by atoms with Crippen LogP contribution < -0.4 is 10.6 Å². The summed E-state index contributed by atoms with van der Waals surface area (Å²) in [5.41, 5.74) is 7.18. The van der Waals surface area contributed by atoms with Crippen LogP contribution in [0.4, 0.5) is 5.95 Å². The standard InChI is InChI=1S/C16H28N4/c1-2-13-12-20(14-7-4-3-5-8-14)16(18-13)19-10-6-9-15(19)11-17/h12,14-15H,2-11,17H2,1H3. The quantitative estimate of drug-likeness (QED) is 0.920. The molecule has 0 spiro atoms. The van der Waals surface area contributed by atoms with Crippen LogP contribution in [0.1, 0.15) is 63.6 Å². The fourth-order valence-electron chi connectivity index (χ4n) is 3.79. The number of aromatic nitrogens is 2. The molecule has 1 aliphatic heterocycles. The number of imidazole rings is 1. The number of anilines is 1. The van der Waals surface area contributed by atoms with Gasteiger partial charge >= 0.3 is 0 Å². The zero-order chi connectivity index (χ0) is 13.9.